The van der Waals surface area contributed by atoms with Crippen molar-refractivity contribution in [3.63, 3.8) is 0 Å². The summed E-state index contributed by atoms with van der Waals surface area (Å²) in [5, 5.41) is 2.75. The minimum absolute atomic E-state index is 0.233. The van der Waals surface area contributed by atoms with Crippen molar-refractivity contribution in [1.29, 1.82) is 0 Å². The van der Waals surface area contributed by atoms with Gasteiger partial charge in [0.05, 0.1) is 5.56 Å². The van der Waals surface area contributed by atoms with Gasteiger partial charge in [-0.05, 0) is 19.9 Å². The number of amides is 1. The molecule has 1 amide bonds. The Morgan fingerprint density at radius 2 is 2.20 bits per heavy atom. The van der Waals surface area contributed by atoms with E-state index in [0.29, 0.717) is 11.4 Å². The molecule has 0 bridgehead atoms. The zero-order valence-electron chi connectivity index (χ0n) is 8.63. The van der Waals surface area contributed by atoms with E-state index in [1.54, 1.807) is 0 Å². The molecule has 0 aliphatic rings. The maximum absolute atomic E-state index is 11.6. The lowest BCUT2D eigenvalue weighted by Gasteiger charge is -2.23. The largest absolute Gasteiger partial charge is 0.346 e. The molecule has 0 saturated heterocycles. The predicted octanol–water partition coefficient (Wildman–Crippen LogP) is 1.12. The molecule has 1 rings (SSSR count). The van der Waals surface area contributed by atoms with Gasteiger partial charge in [0.15, 0.2) is 0 Å². The molecule has 1 aromatic heterocycles. The van der Waals surface area contributed by atoms with Gasteiger partial charge in [0.2, 0.25) is 5.56 Å². The van der Waals surface area contributed by atoms with E-state index in [0.717, 1.165) is 0 Å². The molecule has 4 nitrogen and oxygen atoms in total. The van der Waals surface area contributed by atoms with Gasteiger partial charge >= 0.3 is 0 Å². The first-order valence-corrected chi connectivity index (χ1v) is 5.05. The number of aromatic nitrogens is 1. The molecule has 1 heterocycles. The van der Waals surface area contributed by atoms with Gasteiger partial charge in [0.25, 0.3) is 5.91 Å². The lowest BCUT2D eigenvalue weighted by molar-refractivity contribution is 0.0920. The monoisotopic (exact) mass is 228 g/mol. The molecule has 82 valence electrons. The average molecular weight is 229 g/mol. The van der Waals surface area contributed by atoms with Crippen molar-refractivity contribution in [2.24, 2.45) is 0 Å². The van der Waals surface area contributed by atoms with Gasteiger partial charge in [-0.25, -0.2) is 0 Å². The van der Waals surface area contributed by atoms with Crippen LogP contribution in [-0.4, -0.2) is 22.3 Å². The van der Waals surface area contributed by atoms with Gasteiger partial charge < -0.3 is 10.3 Å². The second kappa shape index (κ2) is 4.49. The number of hydrogen-bond acceptors (Lipinski definition) is 2. The number of carbonyl (C=O) groups excluding carboxylic acids is 1. The summed E-state index contributed by atoms with van der Waals surface area (Å²) in [7, 11) is 0. The van der Waals surface area contributed by atoms with Crippen molar-refractivity contribution in [2.45, 2.75) is 19.4 Å². The van der Waals surface area contributed by atoms with Crippen molar-refractivity contribution in [1.82, 2.24) is 10.3 Å². The smallest absolute Gasteiger partial charge is 0.253 e. The van der Waals surface area contributed by atoms with Crippen molar-refractivity contribution in [2.75, 3.05) is 5.88 Å². The highest BCUT2D eigenvalue weighted by molar-refractivity contribution is 6.18. The van der Waals surface area contributed by atoms with E-state index in [-0.39, 0.29) is 11.5 Å². The quantitative estimate of drug-likeness (QED) is 0.762. The first-order valence-electron chi connectivity index (χ1n) is 4.52. The Hall–Kier alpha value is -1.29. The maximum atomic E-state index is 11.6. The van der Waals surface area contributed by atoms with Crippen LogP contribution >= 0.6 is 11.6 Å². The van der Waals surface area contributed by atoms with Crippen molar-refractivity contribution in [3.8, 4) is 0 Å². The van der Waals surface area contributed by atoms with E-state index in [9.17, 15) is 9.59 Å². The Morgan fingerprint density at radius 3 is 2.67 bits per heavy atom. The number of carbonyl (C=O) groups is 1. The fourth-order valence-electron chi connectivity index (χ4n) is 0.965. The highest BCUT2D eigenvalue weighted by atomic mass is 35.5. The van der Waals surface area contributed by atoms with E-state index in [4.69, 9.17) is 11.6 Å². The highest BCUT2D eigenvalue weighted by Crippen LogP contribution is 2.06. The number of pyridine rings is 1. The summed E-state index contributed by atoms with van der Waals surface area (Å²) in [6, 6.07) is 2.78. The molecule has 0 aliphatic heterocycles. The standard InChI is InChI=1S/C10H13ClN2O2/c1-10(2,6-11)13-9(15)7-3-4-8(14)12-5-7/h3-5H,6H2,1-2H3,(H,12,14)(H,13,15). The van der Waals surface area contributed by atoms with Crippen molar-refractivity contribution >= 4 is 17.5 Å². The maximum Gasteiger partial charge on any atom is 0.253 e. The molecule has 0 unspecified atom stereocenters. The van der Waals surface area contributed by atoms with Crippen LogP contribution in [0.2, 0.25) is 0 Å². The number of alkyl halides is 1. The third kappa shape index (κ3) is 3.40. The molecule has 0 atom stereocenters. The first-order chi connectivity index (χ1) is 6.94. The zero-order valence-corrected chi connectivity index (χ0v) is 9.39. The molecule has 0 aromatic carbocycles. The van der Waals surface area contributed by atoms with Crippen LogP contribution in [0.25, 0.3) is 0 Å². The van der Waals surface area contributed by atoms with Crippen LogP contribution in [0.5, 0.6) is 0 Å². The summed E-state index contributed by atoms with van der Waals surface area (Å²) < 4.78 is 0. The zero-order chi connectivity index (χ0) is 11.5. The number of H-pyrrole nitrogens is 1. The Morgan fingerprint density at radius 1 is 1.53 bits per heavy atom. The number of hydrogen-bond donors (Lipinski definition) is 2. The summed E-state index contributed by atoms with van der Waals surface area (Å²) in [6.07, 6.45) is 1.38. The molecule has 5 heteroatoms. The van der Waals surface area contributed by atoms with E-state index < -0.39 is 5.54 Å². The summed E-state index contributed by atoms with van der Waals surface area (Å²) in [4.78, 5) is 24.9. The van der Waals surface area contributed by atoms with E-state index in [1.807, 2.05) is 13.8 Å². The number of halogens is 1. The lowest BCUT2D eigenvalue weighted by Crippen LogP contribution is -2.45. The molecular weight excluding hydrogens is 216 g/mol. The molecule has 2 N–H and O–H groups in total. The molecule has 15 heavy (non-hydrogen) atoms. The van der Waals surface area contributed by atoms with Crippen LogP contribution < -0.4 is 10.9 Å². The minimum atomic E-state index is -0.464. The van der Waals surface area contributed by atoms with Gasteiger partial charge in [0.1, 0.15) is 0 Å². The minimum Gasteiger partial charge on any atom is -0.346 e. The van der Waals surface area contributed by atoms with Gasteiger partial charge in [-0.2, -0.15) is 0 Å². The molecule has 0 aliphatic carbocycles. The fourth-order valence-corrected chi connectivity index (χ4v) is 1.03. The van der Waals surface area contributed by atoms with Crippen LogP contribution in [-0.2, 0) is 0 Å². The van der Waals surface area contributed by atoms with E-state index in [2.05, 4.69) is 10.3 Å². The van der Waals surface area contributed by atoms with Crippen molar-refractivity contribution in [3.05, 3.63) is 34.2 Å². The van der Waals surface area contributed by atoms with E-state index in [1.165, 1.54) is 18.3 Å². The fraction of sp³-hybridized carbons (Fsp3) is 0.400. The third-order valence-corrected chi connectivity index (χ3v) is 2.50. The van der Waals surface area contributed by atoms with Crippen LogP contribution in [0.3, 0.4) is 0 Å². The molecule has 1 aromatic rings. The molecule has 0 fully saturated rings. The Labute approximate surface area is 92.7 Å². The Kier molecular flexibility index (Phi) is 3.52. The van der Waals surface area contributed by atoms with Crippen LogP contribution in [0, 0.1) is 0 Å². The molecular formula is C10H13ClN2O2. The van der Waals surface area contributed by atoms with Crippen LogP contribution in [0.15, 0.2) is 23.1 Å². The summed E-state index contributed by atoms with van der Waals surface area (Å²) >= 11 is 5.68. The van der Waals surface area contributed by atoms with Gasteiger partial charge in [-0.15, -0.1) is 11.6 Å². The third-order valence-electron chi connectivity index (χ3n) is 1.83. The summed E-state index contributed by atoms with van der Waals surface area (Å²) in [6.45, 7) is 3.65. The average Bonchev–Trinajstić information content (AvgIpc) is 2.18. The molecule has 0 saturated carbocycles. The summed E-state index contributed by atoms with van der Waals surface area (Å²) in [5.74, 6) is 0.0687. The SMILES string of the molecule is CC(C)(CCl)NC(=O)c1ccc(=O)[nH]c1. The predicted molar refractivity (Wildman–Crippen MR) is 59.3 cm³/mol. The normalized spacial score (nSPS) is 11.1. The van der Waals surface area contributed by atoms with Gasteiger partial charge in [0, 0.05) is 23.7 Å². The highest BCUT2D eigenvalue weighted by Gasteiger charge is 2.19. The van der Waals surface area contributed by atoms with Crippen LogP contribution in [0.4, 0.5) is 0 Å². The number of rotatable bonds is 3. The topological polar surface area (TPSA) is 62.0 Å². The lowest BCUT2D eigenvalue weighted by atomic mass is 10.1. The molecule has 0 radical (unpaired) electrons. The van der Waals surface area contributed by atoms with Crippen LogP contribution in [0.1, 0.15) is 24.2 Å². The second-order valence-electron chi connectivity index (χ2n) is 3.91. The second-order valence-corrected chi connectivity index (χ2v) is 4.18. The summed E-state index contributed by atoms with van der Waals surface area (Å²) in [5.41, 5.74) is -0.287. The number of nitrogens with one attached hydrogen (secondary N) is 2. The van der Waals surface area contributed by atoms with Gasteiger partial charge in [-0.1, -0.05) is 0 Å². The van der Waals surface area contributed by atoms with Crippen molar-refractivity contribution < 1.29 is 4.79 Å². The number of aromatic amines is 1. The Bertz CT molecular complexity index is 392. The van der Waals surface area contributed by atoms with Gasteiger partial charge in [-0.3, -0.25) is 9.59 Å². The Balaban J connectivity index is 2.78. The molecule has 0 spiro atoms. The first kappa shape index (κ1) is 11.8. The van der Waals surface area contributed by atoms with E-state index >= 15 is 0 Å².